The molecule has 0 bridgehead atoms. The predicted octanol–water partition coefficient (Wildman–Crippen LogP) is 0.671. The summed E-state index contributed by atoms with van der Waals surface area (Å²) in [5.74, 6) is -3.68. The second-order valence-corrected chi connectivity index (χ2v) is 3.94. The second-order valence-electron chi connectivity index (χ2n) is 3.94. The first-order valence-electron chi connectivity index (χ1n) is 5.59. The van der Waals surface area contributed by atoms with Crippen molar-refractivity contribution in [1.82, 2.24) is 15.5 Å². The zero-order chi connectivity index (χ0) is 13.8. The normalized spacial score (nSPS) is 11.4. The number of aromatic nitrogens is 2. The van der Waals surface area contributed by atoms with Gasteiger partial charge in [0.15, 0.2) is 0 Å². The Labute approximate surface area is 104 Å². The molecule has 3 N–H and O–H groups in total. The lowest BCUT2D eigenvalue weighted by atomic mass is 10.1. The standard InChI is InChI=1S/C11H16F2N4O/c1-3-9-8(4-7(2)16-17-9)10(18)15-6-11(12,13)5-14/h4H,3,5-6,14H2,1-2H3,(H,15,18). The summed E-state index contributed by atoms with van der Waals surface area (Å²) in [5.41, 5.74) is 6.20. The van der Waals surface area contributed by atoms with Crippen LogP contribution in [0.3, 0.4) is 0 Å². The average Bonchev–Trinajstić information content (AvgIpc) is 2.36. The first kappa shape index (κ1) is 14.4. The maximum atomic E-state index is 12.9. The van der Waals surface area contributed by atoms with Gasteiger partial charge in [-0.25, -0.2) is 8.78 Å². The van der Waals surface area contributed by atoms with Gasteiger partial charge in [0.2, 0.25) is 0 Å². The summed E-state index contributed by atoms with van der Waals surface area (Å²) in [5, 5.41) is 9.83. The lowest BCUT2D eigenvalue weighted by Gasteiger charge is -2.15. The van der Waals surface area contributed by atoms with E-state index < -0.39 is 24.9 Å². The number of halogens is 2. The van der Waals surface area contributed by atoms with E-state index in [1.54, 1.807) is 6.92 Å². The molecule has 1 aromatic heterocycles. The molecular weight excluding hydrogens is 242 g/mol. The van der Waals surface area contributed by atoms with Crippen molar-refractivity contribution in [3.8, 4) is 0 Å². The third-order valence-electron chi connectivity index (χ3n) is 2.38. The molecule has 0 unspecified atom stereocenters. The van der Waals surface area contributed by atoms with Crippen molar-refractivity contribution in [3.05, 3.63) is 23.0 Å². The molecule has 7 heteroatoms. The van der Waals surface area contributed by atoms with E-state index in [4.69, 9.17) is 5.73 Å². The van der Waals surface area contributed by atoms with Gasteiger partial charge in [-0.1, -0.05) is 6.92 Å². The monoisotopic (exact) mass is 258 g/mol. The third-order valence-corrected chi connectivity index (χ3v) is 2.38. The topological polar surface area (TPSA) is 80.9 Å². The largest absolute Gasteiger partial charge is 0.346 e. The highest BCUT2D eigenvalue weighted by molar-refractivity contribution is 5.95. The van der Waals surface area contributed by atoms with Gasteiger partial charge >= 0.3 is 0 Å². The summed E-state index contributed by atoms with van der Waals surface area (Å²) >= 11 is 0. The summed E-state index contributed by atoms with van der Waals surface area (Å²) in [6.07, 6.45) is 0.503. The molecule has 18 heavy (non-hydrogen) atoms. The fourth-order valence-corrected chi connectivity index (χ4v) is 1.35. The van der Waals surface area contributed by atoms with E-state index in [1.807, 2.05) is 6.92 Å². The van der Waals surface area contributed by atoms with Gasteiger partial charge in [0.1, 0.15) is 0 Å². The van der Waals surface area contributed by atoms with Crippen LogP contribution in [-0.4, -0.2) is 35.1 Å². The Bertz CT molecular complexity index is 437. The van der Waals surface area contributed by atoms with Crippen molar-refractivity contribution in [2.24, 2.45) is 5.73 Å². The zero-order valence-electron chi connectivity index (χ0n) is 10.3. The highest BCUT2D eigenvalue weighted by Gasteiger charge is 2.27. The number of amides is 1. The van der Waals surface area contributed by atoms with Gasteiger partial charge in [-0.15, -0.1) is 0 Å². The summed E-state index contributed by atoms with van der Waals surface area (Å²) in [4.78, 5) is 11.8. The van der Waals surface area contributed by atoms with Crippen LogP contribution in [0.15, 0.2) is 6.07 Å². The average molecular weight is 258 g/mol. The molecule has 0 aliphatic rings. The molecule has 1 heterocycles. The minimum Gasteiger partial charge on any atom is -0.346 e. The molecule has 0 aliphatic heterocycles. The predicted molar refractivity (Wildman–Crippen MR) is 62.5 cm³/mol. The highest BCUT2D eigenvalue weighted by Crippen LogP contribution is 2.11. The van der Waals surface area contributed by atoms with Crippen LogP contribution in [0.2, 0.25) is 0 Å². The Morgan fingerprint density at radius 3 is 2.72 bits per heavy atom. The Balaban J connectivity index is 2.81. The Morgan fingerprint density at radius 1 is 1.50 bits per heavy atom. The molecule has 0 aliphatic carbocycles. The molecule has 1 rings (SSSR count). The third kappa shape index (κ3) is 3.69. The summed E-state index contributed by atoms with van der Waals surface area (Å²) in [6.45, 7) is 1.90. The van der Waals surface area contributed by atoms with Gasteiger partial charge in [-0.3, -0.25) is 4.79 Å². The fourth-order valence-electron chi connectivity index (χ4n) is 1.35. The molecule has 0 saturated heterocycles. The van der Waals surface area contributed by atoms with Crippen LogP contribution in [0.25, 0.3) is 0 Å². The van der Waals surface area contributed by atoms with Crippen molar-refractivity contribution in [2.75, 3.05) is 13.1 Å². The number of carbonyl (C=O) groups is 1. The molecule has 100 valence electrons. The Hall–Kier alpha value is -1.63. The van der Waals surface area contributed by atoms with Crippen LogP contribution in [-0.2, 0) is 6.42 Å². The van der Waals surface area contributed by atoms with E-state index in [2.05, 4.69) is 15.5 Å². The van der Waals surface area contributed by atoms with Crippen LogP contribution < -0.4 is 11.1 Å². The number of nitrogens with two attached hydrogens (primary N) is 1. The van der Waals surface area contributed by atoms with Gasteiger partial charge in [0.25, 0.3) is 11.8 Å². The van der Waals surface area contributed by atoms with Gasteiger partial charge in [0.05, 0.1) is 30.0 Å². The number of rotatable bonds is 5. The van der Waals surface area contributed by atoms with Gasteiger partial charge in [0, 0.05) is 0 Å². The molecule has 0 radical (unpaired) electrons. The lowest BCUT2D eigenvalue weighted by Crippen LogP contribution is -2.41. The molecule has 5 nitrogen and oxygen atoms in total. The SMILES string of the molecule is CCc1nnc(C)cc1C(=O)NCC(F)(F)CN. The molecule has 1 amide bonds. The summed E-state index contributed by atoms with van der Waals surface area (Å²) in [6, 6.07) is 1.53. The number of nitrogens with one attached hydrogen (secondary N) is 1. The van der Waals surface area contributed by atoms with Crippen LogP contribution in [0.4, 0.5) is 8.78 Å². The smallest absolute Gasteiger partial charge is 0.277 e. The number of nitrogens with zero attached hydrogens (tertiary/aromatic N) is 2. The molecule has 0 spiro atoms. The van der Waals surface area contributed by atoms with E-state index >= 15 is 0 Å². The van der Waals surface area contributed by atoms with Crippen molar-refractivity contribution in [3.63, 3.8) is 0 Å². The van der Waals surface area contributed by atoms with Crippen LogP contribution in [0, 0.1) is 6.92 Å². The molecule has 1 aromatic rings. The molecule has 0 aromatic carbocycles. The maximum absolute atomic E-state index is 12.9. The van der Waals surface area contributed by atoms with Crippen molar-refractivity contribution >= 4 is 5.91 Å². The Kier molecular flexibility index (Phi) is 4.66. The van der Waals surface area contributed by atoms with Crippen molar-refractivity contribution < 1.29 is 13.6 Å². The van der Waals surface area contributed by atoms with Crippen molar-refractivity contribution in [1.29, 1.82) is 0 Å². The first-order valence-corrected chi connectivity index (χ1v) is 5.59. The molecule has 0 saturated carbocycles. The first-order chi connectivity index (χ1) is 8.39. The van der Waals surface area contributed by atoms with Crippen LogP contribution >= 0.6 is 0 Å². The zero-order valence-corrected chi connectivity index (χ0v) is 10.3. The molecular formula is C11H16F2N4O. The van der Waals surface area contributed by atoms with Gasteiger partial charge in [-0.2, -0.15) is 10.2 Å². The number of hydrogen-bond acceptors (Lipinski definition) is 4. The quantitative estimate of drug-likeness (QED) is 0.813. The molecule has 0 fully saturated rings. The van der Waals surface area contributed by atoms with E-state index in [1.165, 1.54) is 6.07 Å². The van der Waals surface area contributed by atoms with Gasteiger partial charge in [-0.05, 0) is 19.4 Å². The summed E-state index contributed by atoms with van der Waals surface area (Å²) in [7, 11) is 0. The Morgan fingerprint density at radius 2 is 2.17 bits per heavy atom. The fraction of sp³-hybridized carbons (Fsp3) is 0.545. The maximum Gasteiger partial charge on any atom is 0.277 e. The minimum absolute atomic E-state index is 0.276. The number of hydrogen-bond donors (Lipinski definition) is 2. The van der Waals surface area contributed by atoms with Crippen molar-refractivity contribution in [2.45, 2.75) is 26.2 Å². The second kappa shape index (κ2) is 5.81. The lowest BCUT2D eigenvalue weighted by molar-refractivity contribution is 0.0118. The summed E-state index contributed by atoms with van der Waals surface area (Å²) < 4.78 is 25.8. The van der Waals surface area contributed by atoms with Crippen LogP contribution in [0.1, 0.15) is 28.7 Å². The number of carbonyl (C=O) groups excluding carboxylic acids is 1. The molecule has 0 atom stereocenters. The number of alkyl halides is 2. The van der Waals surface area contributed by atoms with E-state index in [9.17, 15) is 13.6 Å². The minimum atomic E-state index is -3.10. The van der Waals surface area contributed by atoms with Crippen LogP contribution in [0.5, 0.6) is 0 Å². The number of aryl methyl sites for hydroxylation is 2. The highest BCUT2D eigenvalue weighted by atomic mass is 19.3. The van der Waals surface area contributed by atoms with E-state index in [0.29, 0.717) is 17.8 Å². The van der Waals surface area contributed by atoms with Gasteiger partial charge < -0.3 is 11.1 Å². The van der Waals surface area contributed by atoms with E-state index in [0.717, 1.165) is 0 Å². The van der Waals surface area contributed by atoms with E-state index in [-0.39, 0.29) is 5.56 Å².